The molecule has 6 heteroatoms. The minimum absolute atomic E-state index is 0.0237. The Kier molecular flexibility index (Phi) is 3.43. The van der Waals surface area contributed by atoms with Gasteiger partial charge in [0.05, 0.1) is 5.69 Å². The van der Waals surface area contributed by atoms with Gasteiger partial charge in [-0.05, 0) is 12.1 Å². The van der Waals surface area contributed by atoms with Crippen LogP contribution in [0.3, 0.4) is 0 Å². The van der Waals surface area contributed by atoms with Crippen molar-refractivity contribution in [3.63, 3.8) is 0 Å². The Morgan fingerprint density at radius 3 is 2.73 bits per heavy atom. The van der Waals surface area contributed by atoms with Gasteiger partial charge in [0, 0.05) is 0 Å². The number of halogens is 2. The highest BCUT2D eigenvalue weighted by molar-refractivity contribution is 5.93. The van der Waals surface area contributed by atoms with E-state index in [1.807, 2.05) is 0 Å². The number of hydrogen-bond donors (Lipinski definition) is 2. The lowest BCUT2D eigenvalue weighted by atomic mass is 10.2. The monoisotopic (exact) mass is 217 g/mol. The van der Waals surface area contributed by atoms with Crippen molar-refractivity contribution in [3.05, 3.63) is 23.8 Å². The molecule has 0 spiro atoms. The molecule has 0 saturated heterocycles. The topological polar surface area (TPSA) is 72.6 Å². The summed E-state index contributed by atoms with van der Waals surface area (Å²) in [4.78, 5) is 10.7. The Hall–Kier alpha value is -1.85. The fourth-order valence-electron chi connectivity index (χ4n) is 1.03. The molecule has 0 bridgehead atoms. The van der Waals surface area contributed by atoms with E-state index in [0.717, 1.165) is 0 Å². The van der Waals surface area contributed by atoms with Crippen molar-refractivity contribution in [3.8, 4) is 5.75 Å². The van der Waals surface area contributed by atoms with Gasteiger partial charge in [-0.1, -0.05) is 6.07 Å². The number of ether oxygens (including phenoxy) is 1. The molecule has 1 rings (SSSR count). The first kappa shape index (κ1) is 11.2. The highest BCUT2D eigenvalue weighted by Crippen LogP contribution is 2.26. The average Bonchev–Trinajstić information content (AvgIpc) is 2.15. The fourth-order valence-corrected chi connectivity index (χ4v) is 1.03. The predicted octanol–water partition coefficient (Wildman–Crippen LogP) is 1.61. The normalized spacial score (nSPS) is 10.3. The number of benzene rings is 1. The summed E-state index contributed by atoms with van der Waals surface area (Å²) in [6.07, 6.45) is -2.67. The second kappa shape index (κ2) is 4.59. The van der Waals surface area contributed by atoms with Gasteiger partial charge in [-0.25, -0.2) is 13.6 Å². The molecule has 0 radical (unpaired) electrons. The second-order valence-electron chi connectivity index (χ2n) is 2.73. The van der Waals surface area contributed by atoms with Crippen LogP contribution >= 0.6 is 0 Å². The van der Waals surface area contributed by atoms with Crippen LogP contribution in [-0.4, -0.2) is 24.1 Å². The van der Waals surface area contributed by atoms with Crippen molar-refractivity contribution < 1.29 is 23.4 Å². The number of carboxylic acids is 1. The molecule has 1 aromatic rings. The Morgan fingerprint density at radius 2 is 2.20 bits per heavy atom. The van der Waals surface area contributed by atoms with E-state index in [0.29, 0.717) is 0 Å². The van der Waals surface area contributed by atoms with Crippen molar-refractivity contribution in [1.82, 2.24) is 0 Å². The molecule has 15 heavy (non-hydrogen) atoms. The molecule has 3 N–H and O–H groups in total. The van der Waals surface area contributed by atoms with Crippen molar-refractivity contribution in [2.75, 3.05) is 12.3 Å². The van der Waals surface area contributed by atoms with E-state index in [4.69, 9.17) is 10.8 Å². The molecule has 0 aliphatic heterocycles. The fraction of sp³-hybridized carbons (Fsp3) is 0.222. The molecule has 4 nitrogen and oxygen atoms in total. The number of hydrogen-bond acceptors (Lipinski definition) is 3. The standard InChI is InChI=1S/C9H9F2NO3/c10-7(11)4-15-8-5(9(13)14)2-1-3-6(8)12/h1-3,7H,4,12H2,(H,13,14). The van der Waals surface area contributed by atoms with Crippen LogP contribution in [-0.2, 0) is 0 Å². The molecule has 0 heterocycles. The maximum atomic E-state index is 11.9. The van der Waals surface area contributed by atoms with Crippen LogP contribution in [0, 0.1) is 0 Å². The van der Waals surface area contributed by atoms with E-state index < -0.39 is 19.0 Å². The van der Waals surface area contributed by atoms with Gasteiger partial charge in [-0.15, -0.1) is 0 Å². The molecule has 1 aromatic carbocycles. The summed E-state index contributed by atoms with van der Waals surface area (Å²) in [7, 11) is 0. The molecular weight excluding hydrogens is 208 g/mol. The van der Waals surface area contributed by atoms with Gasteiger partial charge in [0.25, 0.3) is 6.43 Å². The van der Waals surface area contributed by atoms with Crippen LogP contribution < -0.4 is 10.5 Å². The third kappa shape index (κ3) is 2.80. The zero-order valence-electron chi connectivity index (χ0n) is 7.61. The third-order valence-corrected chi connectivity index (χ3v) is 1.63. The quantitative estimate of drug-likeness (QED) is 0.751. The number of nitrogen functional groups attached to an aromatic ring is 1. The zero-order chi connectivity index (χ0) is 11.4. The molecule has 0 aliphatic carbocycles. The van der Waals surface area contributed by atoms with Gasteiger partial charge in [0.15, 0.2) is 5.75 Å². The van der Waals surface area contributed by atoms with Crippen LogP contribution in [0.2, 0.25) is 0 Å². The second-order valence-corrected chi connectivity index (χ2v) is 2.73. The summed E-state index contributed by atoms with van der Waals surface area (Å²) in [6.45, 7) is -0.880. The number of anilines is 1. The van der Waals surface area contributed by atoms with Crippen molar-refractivity contribution >= 4 is 11.7 Å². The molecule has 0 atom stereocenters. The van der Waals surface area contributed by atoms with E-state index in [1.165, 1.54) is 18.2 Å². The van der Waals surface area contributed by atoms with Crippen LogP contribution in [0.1, 0.15) is 10.4 Å². The third-order valence-electron chi connectivity index (χ3n) is 1.63. The Bertz CT molecular complexity index is 368. The molecule has 0 aliphatic rings. The van der Waals surface area contributed by atoms with Gasteiger partial charge in [0.1, 0.15) is 12.2 Å². The average molecular weight is 217 g/mol. The lowest BCUT2D eigenvalue weighted by Crippen LogP contribution is -2.11. The maximum absolute atomic E-state index is 11.9. The van der Waals surface area contributed by atoms with Gasteiger partial charge < -0.3 is 15.6 Å². The number of nitrogens with two attached hydrogens (primary N) is 1. The van der Waals surface area contributed by atoms with Crippen LogP contribution in [0.5, 0.6) is 5.75 Å². The molecule has 0 fully saturated rings. The molecule has 82 valence electrons. The zero-order valence-corrected chi connectivity index (χ0v) is 7.61. The lowest BCUT2D eigenvalue weighted by molar-refractivity contribution is 0.0665. The van der Waals surface area contributed by atoms with Crippen molar-refractivity contribution in [1.29, 1.82) is 0 Å². The Balaban J connectivity index is 2.97. The van der Waals surface area contributed by atoms with Crippen molar-refractivity contribution in [2.45, 2.75) is 6.43 Å². The molecule has 0 saturated carbocycles. The Morgan fingerprint density at radius 1 is 1.53 bits per heavy atom. The minimum Gasteiger partial charge on any atom is -0.485 e. The number of alkyl halides is 2. The molecule has 0 unspecified atom stereocenters. The highest BCUT2D eigenvalue weighted by atomic mass is 19.3. The van der Waals surface area contributed by atoms with Gasteiger partial charge in [-0.2, -0.15) is 0 Å². The maximum Gasteiger partial charge on any atom is 0.339 e. The molecule has 0 aromatic heterocycles. The van der Waals surface area contributed by atoms with Gasteiger partial charge in [-0.3, -0.25) is 0 Å². The summed E-state index contributed by atoms with van der Waals surface area (Å²) in [5, 5.41) is 8.73. The first-order valence-electron chi connectivity index (χ1n) is 4.05. The minimum atomic E-state index is -2.67. The van der Waals surface area contributed by atoms with Gasteiger partial charge >= 0.3 is 5.97 Å². The summed E-state index contributed by atoms with van der Waals surface area (Å²) >= 11 is 0. The van der Waals surface area contributed by atoms with Crippen LogP contribution in [0.15, 0.2) is 18.2 Å². The number of aromatic carboxylic acids is 1. The van der Waals surface area contributed by atoms with Gasteiger partial charge in [0.2, 0.25) is 0 Å². The number of para-hydroxylation sites is 1. The highest BCUT2D eigenvalue weighted by Gasteiger charge is 2.15. The van der Waals surface area contributed by atoms with E-state index in [-0.39, 0.29) is 17.0 Å². The molecule has 0 amide bonds. The van der Waals surface area contributed by atoms with Crippen molar-refractivity contribution in [2.24, 2.45) is 0 Å². The Labute approximate surface area is 84.3 Å². The summed E-state index contributed by atoms with van der Waals surface area (Å²) in [5.41, 5.74) is 5.21. The largest absolute Gasteiger partial charge is 0.485 e. The predicted molar refractivity (Wildman–Crippen MR) is 49.3 cm³/mol. The first-order valence-corrected chi connectivity index (χ1v) is 4.05. The van der Waals surface area contributed by atoms with E-state index in [2.05, 4.69) is 4.74 Å². The van der Waals surface area contributed by atoms with E-state index in [9.17, 15) is 13.6 Å². The summed E-state index contributed by atoms with van der Waals surface area (Å²) < 4.78 is 28.4. The summed E-state index contributed by atoms with van der Waals surface area (Å²) in [5.74, 6) is -1.49. The van der Waals surface area contributed by atoms with E-state index in [1.54, 1.807) is 0 Å². The number of carbonyl (C=O) groups is 1. The first-order chi connectivity index (χ1) is 7.02. The number of rotatable bonds is 4. The van der Waals surface area contributed by atoms with Crippen LogP contribution in [0.25, 0.3) is 0 Å². The molecular formula is C9H9F2NO3. The smallest absolute Gasteiger partial charge is 0.339 e. The van der Waals surface area contributed by atoms with Crippen LogP contribution in [0.4, 0.5) is 14.5 Å². The van der Waals surface area contributed by atoms with E-state index >= 15 is 0 Å². The SMILES string of the molecule is Nc1cccc(C(=O)O)c1OCC(F)F. The lowest BCUT2D eigenvalue weighted by Gasteiger charge is -2.10. The summed E-state index contributed by atoms with van der Waals surface area (Å²) in [6, 6.07) is 4.03. The number of carboxylic acid groups (broad SMARTS) is 1.